The van der Waals surface area contributed by atoms with Gasteiger partial charge in [-0.3, -0.25) is 9.69 Å². The predicted octanol–water partition coefficient (Wildman–Crippen LogP) is 5.20. The highest BCUT2D eigenvalue weighted by molar-refractivity contribution is 8.19. The highest BCUT2D eigenvalue weighted by Crippen LogP contribution is 2.38. The summed E-state index contributed by atoms with van der Waals surface area (Å²) in [6.45, 7) is 0. The van der Waals surface area contributed by atoms with E-state index in [1.807, 2.05) is 54.6 Å². The van der Waals surface area contributed by atoms with Crippen molar-refractivity contribution in [2.75, 3.05) is 12.0 Å². The highest BCUT2D eigenvalue weighted by Gasteiger charge is 2.34. The zero-order valence-corrected chi connectivity index (χ0v) is 17.4. The lowest BCUT2D eigenvalue weighted by molar-refractivity contribution is -0.113. The van der Waals surface area contributed by atoms with Crippen LogP contribution in [0.15, 0.2) is 88.8 Å². The first-order valence-electron chi connectivity index (χ1n) is 9.41. The first kappa shape index (κ1) is 20.4. The number of rotatable bonds is 5. The maximum absolute atomic E-state index is 13.3. The molecular weight excluding hydrogens is 412 g/mol. The molecule has 3 aromatic rings. The minimum atomic E-state index is -1.03. The molecule has 1 aliphatic heterocycles. The number of ether oxygens (including phenoxy) is 1. The number of carboxylic acids is 1. The van der Waals surface area contributed by atoms with Crippen molar-refractivity contribution in [3.8, 4) is 5.75 Å². The Morgan fingerprint density at radius 1 is 1.03 bits per heavy atom. The van der Waals surface area contributed by atoms with Gasteiger partial charge in [0.15, 0.2) is 5.17 Å². The van der Waals surface area contributed by atoms with Gasteiger partial charge in [0.2, 0.25) is 0 Å². The van der Waals surface area contributed by atoms with Crippen molar-refractivity contribution in [1.29, 1.82) is 0 Å². The number of aliphatic imine (C=N–C) groups is 1. The molecule has 0 unspecified atom stereocenters. The van der Waals surface area contributed by atoms with Crippen LogP contribution in [-0.4, -0.2) is 29.3 Å². The van der Waals surface area contributed by atoms with Gasteiger partial charge in [-0.25, -0.2) is 9.79 Å². The third-order valence-corrected chi connectivity index (χ3v) is 5.53. The van der Waals surface area contributed by atoms with E-state index in [0.29, 0.717) is 27.2 Å². The Morgan fingerprint density at radius 3 is 2.52 bits per heavy atom. The third-order valence-electron chi connectivity index (χ3n) is 4.56. The summed E-state index contributed by atoms with van der Waals surface area (Å²) in [5.74, 6) is -0.585. The first-order chi connectivity index (χ1) is 15.1. The molecule has 0 aliphatic carbocycles. The van der Waals surface area contributed by atoms with Gasteiger partial charge in [-0.2, -0.15) is 0 Å². The minimum absolute atomic E-state index is 0.132. The fourth-order valence-electron chi connectivity index (χ4n) is 3.10. The summed E-state index contributed by atoms with van der Waals surface area (Å²) >= 11 is 1.23. The van der Waals surface area contributed by atoms with Gasteiger partial charge < -0.3 is 9.84 Å². The van der Waals surface area contributed by atoms with E-state index in [1.54, 1.807) is 25.3 Å². The number of aromatic carboxylic acids is 1. The molecule has 1 aliphatic rings. The number of para-hydroxylation sites is 2. The number of hydrogen-bond acceptors (Lipinski definition) is 5. The summed E-state index contributed by atoms with van der Waals surface area (Å²) in [6.07, 6.45) is 1.78. The molecular formula is C24H18N2O4S. The standard InChI is InChI=1S/C24H18N2O4S/c1-30-20-13-6-5-8-16(20)15-21-22(27)26(19-11-3-2-4-12-19)24(31-21)25-18-10-7-9-17(14-18)23(28)29/h2-15H,1H3,(H,28,29)/b21-15-,25-24?. The van der Waals surface area contributed by atoms with Crippen LogP contribution >= 0.6 is 11.8 Å². The SMILES string of the molecule is COc1ccccc1/C=C1\SC(=Nc2cccc(C(=O)O)c2)N(c2ccccc2)C1=O. The first-order valence-corrected chi connectivity index (χ1v) is 10.2. The number of thioether (sulfide) groups is 1. The fraction of sp³-hybridized carbons (Fsp3) is 0.0417. The van der Waals surface area contributed by atoms with Gasteiger partial charge in [-0.05, 0) is 54.2 Å². The largest absolute Gasteiger partial charge is 0.496 e. The second-order valence-corrected chi connectivity index (χ2v) is 7.59. The second-order valence-electron chi connectivity index (χ2n) is 6.58. The lowest BCUT2D eigenvalue weighted by atomic mass is 10.2. The molecule has 0 radical (unpaired) electrons. The predicted molar refractivity (Wildman–Crippen MR) is 123 cm³/mol. The Bertz CT molecular complexity index is 1200. The molecule has 1 heterocycles. The molecule has 0 saturated carbocycles. The Hall–Kier alpha value is -3.84. The third kappa shape index (κ3) is 4.36. The maximum Gasteiger partial charge on any atom is 0.335 e. The Labute approximate surface area is 183 Å². The number of carbonyl (C=O) groups excluding carboxylic acids is 1. The van der Waals surface area contributed by atoms with Crippen molar-refractivity contribution in [3.05, 3.63) is 94.9 Å². The Balaban J connectivity index is 1.79. The van der Waals surface area contributed by atoms with Crippen LogP contribution in [0.3, 0.4) is 0 Å². The maximum atomic E-state index is 13.3. The average Bonchev–Trinajstić information content (AvgIpc) is 3.09. The van der Waals surface area contributed by atoms with Gasteiger partial charge in [-0.1, -0.05) is 42.5 Å². The summed E-state index contributed by atoms with van der Waals surface area (Å²) in [7, 11) is 1.58. The molecule has 1 fully saturated rings. The monoisotopic (exact) mass is 430 g/mol. The zero-order chi connectivity index (χ0) is 21.8. The van der Waals surface area contributed by atoms with Crippen LogP contribution in [0.5, 0.6) is 5.75 Å². The van der Waals surface area contributed by atoms with E-state index in [1.165, 1.54) is 28.8 Å². The lowest BCUT2D eigenvalue weighted by Gasteiger charge is -2.15. The quantitative estimate of drug-likeness (QED) is 0.563. The number of hydrogen-bond donors (Lipinski definition) is 1. The summed E-state index contributed by atoms with van der Waals surface area (Å²) in [5, 5.41) is 9.70. The molecule has 4 rings (SSSR count). The van der Waals surface area contributed by atoms with E-state index in [0.717, 1.165) is 5.56 Å². The smallest absolute Gasteiger partial charge is 0.335 e. The normalized spacial score (nSPS) is 16.2. The van der Waals surface area contributed by atoms with E-state index >= 15 is 0 Å². The van der Waals surface area contributed by atoms with E-state index in [4.69, 9.17) is 4.74 Å². The van der Waals surface area contributed by atoms with Crippen molar-refractivity contribution in [1.82, 2.24) is 0 Å². The van der Waals surface area contributed by atoms with Crippen molar-refractivity contribution >= 4 is 46.3 Å². The van der Waals surface area contributed by atoms with Crippen molar-refractivity contribution in [2.45, 2.75) is 0 Å². The number of amidine groups is 1. The lowest BCUT2D eigenvalue weighted by Crippen LogP contribution is -2.28. The molecule has 1 saturated heterocycles. The topological polar surface area (TPSA) is 79.2 Å². The van der Waals surface area contributed by atoms with Gasteiger partial charge in [0.05, 0.1) is 29.0 Å². The van der Waals surface area contributed by atoms with Crippen molar-refractivity contribution < 1.29 is 19.4 Å². The molecule has 7 heteroatoms. The fourth-order valence-corrected chi connectivity index (χ4v) is 4.09. The molecule has 3 aromatic carbocycles. The summed E-state index contributed by atoms with van der Waals surface area (Å²) in [5.41, 5.74) is 2.04. The average molecular weight is 430 g/mol. The van der Waals surface area contributed by atoms with E-state index in [2.05, 4.69) is 4.99 Å². The number of benzene rings is 3. The Morgan fingerprint density at radius 2 is 1.77 bits per heavy atom. The van der Waals surface area contributed by atoms with Crippen LogP contribution < -0.4 is 9.64 Å². The molecule has 1 N–H and O–H groups in total. The van der Waals surface area contributed by atoms with Crippen LogP contribution in [0.4, 0.5) is 11.4 Å². The van der Waals surface area contributed by atoms with Crippen LogP contribution in [0.1, 0.15) is 15.9 Å². The summed E-state index contributed by atoms with van der Waals surface area (Å²) in [6, 6.07) is 23.0. The van der Waals surface area contributed by atoms with E-state index < -0.39 is 5.97 Å². The Kier molecular flexibility index (Phi) is 5.86. The molecule has 0 atom stereocenters. The molecule has 0 aromatic heterocycles. The molecule has 31 heavy (non-hydrogen) atoms. The zero-order valence-electron chi connectivity index (χ0n) is 16.6. The summed E-state index contributed by atoms with van der Waals surface area (Å²) in [4.78, 5) is 31.2. The minimum Gasteiger partial charge on any atom is -0.496 e. The molecule has 1 amide bonds. The molecule has 0 spiro atoms. The number of nitrogens with zero attached hydrogens (tertiary/aromatic N) is 2. The van der Waals surface area contributed by atoms with Crippen LogP contribution in [0, 0.1) is 0 Å². The van der Waals surface area contributed by atoms with Gasteiger partial charge in [0.1, 0.15) is 5.75 Å². The van der Waals surface area contributed by atoms with Gasteiger partial charge in [0, 0.05) is 5.56 Å². The summed E-state index contributed by atoms with van der Waals surface area (Å²) < 4.78 is 5.40. The van der Waals surface area contributed by atoms with Crippen LogP contribution in [0.2, 0.25) is 0 Å². The number of anilines is 1. The molecule has 6 nitrogen and oxygen atoms in total. The number of carbonyl (C=O) groups is 2. The molecule has 154 valence electrons. The van der Waals surface area contributed by atoms with Crippen molar-refractivity contribution in [3.63, 3.8) is 0 Å². The second kappa shape index (κ2) is 8.89. The van der Waals surface area contributed by atoms with Crippen LogP contribution in [-0.2, 0) is 4.79 Å². The van der Waals surface area contributed by atoms with Crippen molar-refractivity contribution in [2.24, 2.45) is 4.99 Å². The van der Waals surface area contributed by atoms with Gasteiger partial charge >= 0.3 is 5.97 Å². The van der Waals surface area contributed by atoms with E-state index in [-0.39, 0.29) is 11.5 Å². The molecule has 0 bridgehead atoms. The highest BCUT2D eigenvalue weighted by atomic mass is 32.2. The van der Waals surface area contributed by atoms with Crippen LogP contribution in [0.25, 0.3) is 6.08 Å². The number of amides is 1. The van der Waals surface area contributed by atoms with Gasteiger partial charge in [-0.15, -0.1) is 0 Å². The van der Waals surface area contributed by atoms with E-state index in [9.17, 15) is 14.7 Å². The number of methoxy groups -OCH3 is 1. The number of carboxylic acid groups (broad SMARTS) is 1. The van der Waals surface area contributed by atoms with Gasteiger partial charge in [0.25, 0.3) is 5.91 Å².